The zero-order chi connectivity index (χ0) is 18.5. The molecule has 2 aromatic carbocycles. The number of nitrogens with zero attached hydrogens (tertiary/aromatic N) is 1. The number of fused-ring (bicyclic) bond motifs is 1. The smallest absolute Gasteiger partial charge is 0.423 e. The monoisotopic (exact) mass is 370 g/mol. The van der Waals surface area contributed by atoms with Crippen LogP contribution in [0.5, 0.6) is 0 Å². The highest BCUT2D eigenvalue weighted by Crippen LogP contribution is 2.36. The van der Waals surface area contributed by atoms with Crippen molar-refractivity contribution in [1.29, 1.82) is 0 Å². The van der Waals surface area contributed by atoms with Crippen LogP contribution >= 0.6 is 11.6 Å². The molecule has 26 heavy (non-hydrogen) atoms. The van der Waals surface area contributed by atoms with E-state index >= 15 is 0 Å². The van der Waals surface area contributed by atoms with Gasteiger partial charge >= 0.3 is 7.12 Å². The Kier molecular flexibility index (Phi) is 4.02. The van der Waals surface area contributed by atoms with E-state index in [2.05, 4.69) is 10.3 Å². The third-order valence-electron chi connectivity index (χ3n) is 5.04. The van der Waals surface area contributed by atoms with E-state index in [-0.39, 0.29) is 18.3 Å². The molecular weight excluding hydrogens is 350 g/mol. The number of benzene rings is 2. The summed E-state index contributed by atoms with van der Waals surface area (Å²) in [5.41, 5.74) is 2.53. The van der Waals surface area contributed by atoms with Crippen LogP contribution in [0.3, 0.4) is 0 Å². The van der Waals surface area contributed by atoms with Gasteiger partial charge in [-0.2, -0.15) is 4.98 Å². The average Bonchev–Trinajstić information content (AvgIpc) is 3.04. The van der Waals surface area contributed by atoms with Gasteiger partial charge in [0, 0.05) is 10.7 Å². The summed E-state index contributed by atoms with van der Waals surface area (Å²) in [5, 5.41) is 3.79. The lowest BCUT2D eigenvalue weighted by Gasteiger charge is -2.32. The van der Waals surface area contributed by atoms with Gasteiger partial charge in [-0.05, 0) is 63.5 Å². The molecule has 0 amide bonds. The van der Waals surface area contributed by atoms with E-state index in [1.54, 1.807) is 18.2 Å². The highest BCUT2D eigenvalue weighted by Gasteiger charge is 2.51. The van der Waals surface area contributed by atoms with Crippen LogP contribution in [0.15, 0.2) is 46.9 Å². The van der Waals surface area contributed by atoms with E-state index in [1.165, 1.54) is 0 Å². The van der Waals surface area contributed by atoms with Crippen molar-refractivity contribution in [3.8, 4) is 0 Å². The van der Waals surface area contributed by atoms with Gasteiger partial charge in [-0.25, -0.2) is 0 Å². The molecule has 1 aliphatic heterocycles. The second-order valence-corrected chi connectivity index (χ2v) is 7.90. The van der Waals surface area contributed by atoms with E-state index in [0.29, 0.717) is 22.1 Å². The number of hydrogen-bond donors (Lipinski definition) is 1. The molecule has 1 saturated heterocycles. The molecule has 5 nitrogen and oxygen atoms in total. The zero-order valence-corrected chi connectivity index (χ0v) is 15.9. The molecule has 1 N–H and O–H groups in total. The molecule has 0 atom stereocenters. The van der Waals surface area contributed by atoms with E-state index in [0.717, 1.165) is 11.2 Å². The Morgan fingerprint density at radius 3 is 2.27 bits per heavy atom. The van der Waals surface area contributed by atoms with Gasteiger partial charge < -0.3 is 19.0 Å². The van der Waals surface area contributed by atoms with Crippen molar-refractivity contribution in [3.05, 3.63) is 47.5 Å². The van der Waals surface area contributed by atoms with E-state index in [1.807, 2.05) is 52.0 Å². The summed E-state index contributed by atoms with van der Waals surface area (Å²) >= 11 is 5.98. The summed E-state index contributed by atoms with van der Waals surface area (Å²) in [6.07, 6.45) is 0. The van der Waals surface area contributed by atoms with Crippen LogP contribution in [0, 0.1) is 0 Å². The van der Waals surface area contributed by atoms with Gasteiger partial charge in [0.1, 0.15) is 5.52 Å². The third kappa shape index (κ3) is 3.09. The standard InChI is InChI=1S/C19H20BClN2O3/c1-18(2)19(3,4)26-20(25-18)12-5-8-14(9-6-12)22-17-23-15-11-13(21)7-10-16(15)24-17/h5-11H,1-4H3,(H,22,23). The Morgan fingerprint density at radius 2 is 1.62 bits per heavy atom. The fraction of sp³-hybridized carbons (Fsp3) is 0.316. The van der Waals surface area contributed by atoms with Crippen LogP contribution in [-0.2, 0) is 9.31 Å². The maximum atomic E-state index is 6.07. The first-order valence-electron chi connectivity index (χ1n) is 8.52. The lowest BCUT2D eigenvalue weighted by atomic mass is 9.79. The minimum absolute atomic E-state index is 0.353. The maximum absolute atomic E-state index is 6.07. The summed E-state index contributed by atoms with van der Waals surface area (Å²) in [5.74, 6) is 0. The molecule has 7 heteroatoms. The quantitative estimate of drug-likeness (QED) is 0.687. The second-order valence-electron chi connectivity index (χ2n) is 7.47. The fourth-order valence-corrected chi connectivity index (χ4v) is 2.95. The number of nitrogens with one attached hydrogen (secondary N) is 1. The first-order chi connectivity index (χ1) is 12.2. The number of halogens is 1. The van der Waals surface area contributed by atoms with E-state index in [4.69, 9.17) is 25.3 Å². The Labute approximate surface area is 157 Å². The molecule has 0 aliphatic carbocycles. The SMILES string of the molecule is CC1(C)OB(c2ccc(Nc3nc4cc(Cl)ccc4o3)cc2)OC1(C)C. The number of anilines is 2. The van der Waals surface area contributed by atoms with Crippen LogP contribution in [0.25, 0.3) is 11.1 Å². The van der Waals surface area contributed by atoms with Crippen LogP contribution < -0.4 is 10.8 Å². The molecule has 2 heterocycles. The molecule has 0 saturated carbocycles. The van der Waals surface area contributed by atoms with Crippen LogP contribution in [0.4, 0.5) is 11.7 Å². The molecule has 1 fully saturated rings. The molecule has 3 aromatic rings. The number of aromatic nitrogens is 1. The number of hydrogen-bond acceptors (Lipinski definition) is 5. The van der Waals surface area contributed by atoms with Gasteiger partial charge in [0.25, 0.3) is 6.01 Å². The number of oxazole rings is 1. The lowest BCUT2D eigenvalue weighted by molar-refractivity contribution is 0.00578. The minimum Gasteiger partial charge on any atom is -0.423 e. The van der Waals surface area contributed by atoms with E-state index < -0.39 is 0 Å². The van der Waals surface area contributed by atoms with Gasteiger partial charge in [-0.1, -0.05) is 23.7 Å². The Balaban J connectivity index is 1.51. The van der Waals surface area contributed by atoms with Crippen LogP contribution in [0.2, 0.25) is 5.02 Å². The van der Waals surface area contributed by atoms with E-state index in [9.17, 15) is 0 Å². The van der Waals surface area contributed by atoms with Crippen molar-refractivity contribution < 1.29 is 13.7 Å². The number of rotatable bonds is 3. The topological polar surface area (TPSA) is 56.5 Å². The van der Waals surface area contributed by atoms with Gasteiger partial charge in [0.2, 0.25) is 0 Å². The van der Waals surface area contributed by atoms with Crippen LogP contribution in [-0.4, -0.2) is 23.3 Å². The van der Waals surface area contributed by atoms with Crippen LogP contribution in [0.1, 0.15) is 27.7 Å². The highest BCUT2D eigenvalue weighted by atomic mass is 35.5. The molecule has 1 aromatic heterocycles. The summed E-state index contributed by atoms with van der Waals surface area (Å²) in [6, 6.07) is 13.6. The molecule has 0 spiro atoms. The van der Waals surface area contributed by atoms with Gasteiger partial charge in [0.15, 0.2) is 5.58 Å². The lowest BCUT2D eigenvalue weighted by Crippen LogP contribution is -2.41. The van der Waals surface area contributed by atoms with Crippen molar-refractivity contribution in [2.24, 2.45) is 0 Å². The highest BCUT2D eigenvalue weighted by molar-refractivity contribution is 6.62. The van der Waals surface area contributed by atoms with Crippen molar-refractivity contribution in [2.45, 2.75) is 38.9 Å². The Morgan fingerprint density at radius 1 is 0.962 bits per heavy atom. The predicted octanol–water partition coefficient (Wildman–Crippen LogP) is 4.52. The normalized spacial score (nSPS) is 18.4. The van der Waals surface area contributed by atoms with Crippen molar-refractivity contribution in [1.82, 2.24) is 4.98 Å². The van der Waals surface area contributed by atoms with Crippen molar-refractivity contribution in [2.75, 3.05) is 5.32 Å². The van der Waals surface area contributed by atoms with Gasteiger partial charge in [-0.3, -0.25) is 0 Å². The van der Waals surface area contributed by atoms with Gasteiger partial charge in [-0.15, -0.1) is 0 Å². The summed E-state index contributed by atoms with van der Waals surface area (Å²) in [6.45, 7) is 8.18. The van der Waals surface area contributed by atoms with Crippen molar-refractivity contribution in [3.63, 3.8) is 0 Å². The maximum Gasteiger partial charge on any atom is 0.494 e. The molecule has 0 radical (unpaired) electrons. The Hall–Kier alpha value is -2.02. The molecule has 1 aliphatic rings. The minimum atomic E-state index is -0.375. The fourth-order valence-electron chi connectivity index (χ4n) is 2.78. The predicted molar refractivity (Wildman–Crippen MR) is 104 cm³/mol. The zero-order valence-electron chi connectivity index (χ0n) is 15.2. The molecule has 0 unspecified atom stereocenters. The first-order valence-corrected chi connectivity index (χ1v) is 8.90. The largest absolute Gasteiger partial charge is 0.494 e. The molecular formula is C19H20BClN2O3. The van der Waals surface area contributed by atoms with Gasteiger partial charge in [0.05, 0.1) is 11.2 Å². The summed E-state index contributed by atoms with van der Waals surface area (Å²) in [7, 11) is -0.375. The summed E-state index contributed by atoms with van der Waals surface area (Å²) < 4.78 is 17.8. The second kappa shape index (κ2) is 6.01. The van der Waals surface area contributed by atoms with Crippen molar-refractivity contribution >= 4 is 47.0 Å². The molecule has 0 bridgehead atoms. The molecule has 134 valence electrons. The summed E-state index contributed by atoms with van der Waals surface area (Å²) in [4.78, 5) is 4.40. The Bertz CT molecular complexity index is 937. The average molecular weight is 371 g/mol. The first kappa shape index (κ1) is 17.4. The molecule has 4 rings (SSSR count). The third-order valence-corrected chi connectivity index (χ3v) is 5.27.